The number of hydrogen-bond acceptors (Lipinski definition) is 3. The monoisotopic (exact) mass is 389 g/mol. The molecule has 3 heterocycles. The highest BCUT2D eigenvalue weighted by molar-refractivity contribution is 5.65. The zero-order valence-electron chi connectivity index (χ0n) is 17.7. The fourth-order valence-electron chi connectivity index (χ4n) is 4.15. The lowest BCUT2D eigenvalue weighted by Gasteiger charge is -2.14. The van der Waals surface area contributed by atoms with E-state index in [1.807, 2.05) is 54.5 Å². The molecule has 0 saturated heterocycles. The van der Waals surface area contributed by atoms with Crippen molar-refractivity contribution in [2.45, 2.75) is 46.5 Å². The summed E-state index contributed by atoms with van der Waals surface area (Å²) in [6.07, 6.45) is 5.69. The number of aromatic nitrogens is 5. The second kappa shape index (κ2) is 7.35. The second-order valence-electron chi connectivity index (χ2n) is 7.65. The molecule has 4 rings (SSSR count). The molecule has 0 atom stereocenters. The fraction of sp³-hybridized carbons (Fsp3) is 0.348. The molecule has 0 aliphatic carbocycles. The van der Waals surface area contributed by atoms with Crippen LogP contribution in [0, 0.1) is 13.8 Å². The maximum atomic E-state index is 13.3. The molecule has 0 aliphatic rings. The quantitative estimate of drug-likeness (QED) is 0.508. The van der Waals surface area contributed by atoms with Gasteiger partial charge in [0.2, 0.25) is 0 Å². The summed E-state index contributed by atoms with van der Waals surface area (Å²) in [5, 5.41) is 9.18. The molecule has 0 aliphatic heterocycles. The second-order valence-corrected chi connectivity index (χ2v) is 7.65. The van der Waals surface area contributed by atoms with Crippen molar-refractivity contribution in [3.63, 3.8) is 0 Å². The van der Waals surface area contributed by atoms with E-state index in [0.717, 1.165) is 40.9 Å². The van der Waals surface area contributed by atoms with Gasteiger partial charge in [0.1, 0.15) is 5.52 Å². The summed E-state index contributed by atoms with van der Waals surface area (Å²) in [4.78, 5) is 13.3. The Morgan fingerprint density at radius 2 is 1.86 bits per heavy atom. The van der Waals surface area contributed by atoms with Crippen molar-refractivity contribution in [2.75, 3.05) is 0 Å². The molecule has 1 aromatic carbocycles. The number of nitrogens with zero attached hydrogens (tertiary/aromatic N) is 5. The zero-order valence-corrected chi connectivity index (χ0v) is 17.7. The number of benzene rings is 1. The van der Waals surface area contributed by atoms with E-state index in [9.17, 15) is 4.79 Å². The summed E-state index contributed by atoms with van der Waals surface area (Å²) in [7, 11) is 1.81. The van der Waals surface area contributed by atoms with Gasteiger partial charge in [-0.1, -0.05) is 13.8 Å². The van der Waals surface area contributed by atoms with Crippen LogP contribution in [0.15, 0.2) is 47.5 Å². The normalized spacial score (nSPS) is 11.7. The Hall–Kier alpha value is -3.15. The minimum atomic E-state index is 0.000512. The van der Waals surface area contributed by atoms with E-state index in [1.54, 1.807) is 10.8 Å². The van der Waals surface area contributed by atoms with Gasteiger partial charge in [-0.2, -0.15) is 5.10 Å². The molecule has 4 aromatic rings. The predicted octanol–water partition coefficient (Wildman–Crippen LogP) is 4.41. The summed E-state index contributed by atoms with van der Waals surface area (Å²) >= 11 is 0. The summed E-state index contributed by atoms with van der Waals surface area (Å²) in [5.74, 6) is 1.04. The first-order chi connectivity index (χ1) is 14.0. The van der Waals surface area contributed by atoms with E-state index >= 15 is 0 Å². The van der Waals surface area contributed by atoms with Crippen molar-refractivity contribution >= 4 is 5.52 Å². The third-order valence-electron chi connectivity index (χ3n) is 5.85. The molecule has 0 radical (unpaired) electrons. The minimum absolute atomic E-state index is 0.000512. The topological polar surface area (TPSA) is 57.1 Å². The van der Waals surface area contributed by atoms with Crippen molar-refractivity contribution in [2.24, 2.45) is 7.05 Å². The van der Waals surface area contributed by atoms with Gasteiger partial charge in [-0.25, -0.2) is 9.20 Å². The van der Waals surface area contributed by atoms with Gasteiger partial charge in [0, 0.05) is 30.7 Å². The highest BCUT2D eigenvalue weighted by atomic mass is 16.1. The predicted molar refractivity (Wildman–Crippen MR) is 116 cm³/mol. The molecule has 0 amide bonds. The van der Waals surface area contributed by atoms with Crippen LogP contribution >= 0.6 is 0 Å². The van der Waals surface area contributed by atoms with Crippen molar-refractivity contribution < 1.29 is 0 Å². The molecule has 6 heteroatoms. The van der Waals surface area contributed by atoms with Crippen molar-refractivity contribution in [1.29, 1.82) is 0 Å². The van der Waals surface area contributed by atoms with Crippen LogP contribution < -0.4 is 5.56 Å². The van der Waals surface area contributed by atoms with E-state index < -0.39 is 0 Å². The number of rotatable bonds is 5. The number of hydrogen-bond donors (Lipinski definition) is 0. The molecule has 6 nitrogen and oxygen atoms in total. The van der Waals surface area contributed by atoms with Crippen LogP contribution in [0.4, 0.5) is 0 Å². The summed E-state index contributed by atoms with van der Waals surface area (Å²) in [5.41, 5.74) is 5.78. The van der Waals surface area contributed by atoms with E-state index in [-0.39, 0.29) is 5.56 Å². The molecule has 0 N–H and O–H groups in total. The number of fused-ring (bicyclic) bond motifs is 1. The molecule has 0 unspecified atom stereocenters. The molecule has 150 valence electrons. The maximum absolute atomic E-state index is 13.3. The Morgan fingerprint density at radius 1 is 1.10 bits per heavy atom. The largest absolute Gasteiger partial charge is 0.293 e. The molecule has 0 saturated carbocycles. The Kier molecular flexibility index (Phi) is 4.86. The Labute approximate surface area is 170 Å². The first-order valence-corrected chi connectivity index (χ1v) is 10.2. The molecular formula is C23H27N5O. The van der Waals surface area contributed by atoms with Gasteiger partial charge >= 0.3 is 0 Å². The Morgan fingerprint density at radius 3 is 2.48 bits per heavy atom. The fourth-order valence-corrected chi connectivity index (χ4v) is 4.15. The Balaban J connectivity index is 1.91. The average molecular weight is 390 g/mol. The van der Waals surface area contributed by atoms with E-state index in [4.69, 9.17) is 5.10 Å². The highest BCUT2D eigenvalue weighted by Gasteiger charge is 2.21. The highest BCUT2D eigenvalue weighted by Crippen LogP contribution is 2.29. The van der Waals surface area contributed by atoms with E-state index in [0.29, 0.717) is 17.3 Å². The number of aryl methyl sites for hydroxylation is 2. The minimum Gasteiger partial charge on any atom is -0.293 e. The Bertz CT molecular complexity index is 1230. The van der Waals surface area contributed by atoms with Crippen LogP contribution in [-0.4, -0.2) is 24.0 Å². The molecular weight excluding hydrogens is 362 g/mol. The van der Waals surface area contributed by atoms with Gasteiger partial charge in [0.05, 0.1) is 5.69 Å². The van der Waals surface area contributed by atoms with Crippen LogP contribution in [0.2, 0.25) is 0 Å². The zero-order chi connectivity index (χ0) is 20.7. The summed E-state index contributed by atoms with van der Waals surface area (Å²) < 4.78 is 5.33. The molecule has 0 bridgehead atoms. The van der Waals surface area contributed by atoms with Crippen LogP contribution in [0.1, 0.15) is 49.4 Å². The van der Waals surface area contributed by atoms with Crippen molar-refractivity contribution in [3.8, 4) is 17.1 Å². The van der Waals surface area contributed by atoms with Gasteiger partial charge in [-0.3, -0.25) is 9.36 Å². The summed E-state index contributed by atoms with van der Waals surface area (Å²) in [6, 6.07) is 10.1. The van der Waals surface area contributed by atoms with Crippen LogP contribution in [0.5, 0.6) is 0 Å². The van der Waals surface area contributed by atoms with Crippen LogP contribution in [0.3, 0.4) is 0 Å². The van der Waals surface area contributed by atoms with E-state index in [2.05, 4.69) is 31.1 Å². The van der Waals surface area contributed by atoms with Crippen molar-refractivity contribution in [1.82, 2.24) is 24.0 Å². The first-order valence-electron chi connectivity index (χ1n) is 10.2. The maximum Gasteiger partial charge on any atom is 0.278 e. The van der Waals surface area contributed by atoms with E-state index in [1.165, 1.54) is 0 Å². The average Bonchev–Trinajstić information content (AvgIpc) is 3.35. The lowest BCUT2D eigenvalue weighted by molar-refractivity contribution is 0.644. The van der Waals surface area contributed by atoms with Gasteiger partial charge in [-0.05, 0) is 74.1 Å². The van der Waals surface area contributed by atoms with Crippen molar-refractivity contribution in [3.05, 3.63) is 69.9 Å². The molecule has 29 heavy (non-hydrogen) atoms. The molecule has 3 aromatic heterocycles. The smallest absolute Gasteiger partial charge is 0.278 e. The summed E-state index contributed by atoms with van der Waals surface area (Å²) in [6.45, 7) is 8.40. The lowest BCUT2D eigenvalue weighted by Crippen LogP contribution is -2.24. The molecule has 0 spiro atoms. The standard InChI is InChI=1S/C23H27N5O/c1-6-17(7-2)20-14-16(4)28-21(20)23(29)26(5)22(25-28)19-10-9-18(13-15(19)3)27-12-8-11-24-27/h8-14,17H,6-7H2,1-5H3. The van der Waals surface area contributed by atoms with Crippen LogP contribution in [-0.2, 0) is 7.05 Å². The van der Waals surface area contributed by atoms with Crippen LogP contribution in [0.25, 0.3) is 22.6 Å². The lowest BCUT2D eigenvalue weighted by atomic mass is 9.95. The van der Waals surface area contributed by atoms with Gasteiger partial charge in [0.15, 0.2) is 5.82 Å². The van der Waals surface area contributed by atoms with Gasteiger partial charge < -0.3 is 0 Å². The third-order valence-corrected chi connectivity index (χ3v) is 5.85. The third kappa shape index (κ3) is 3.09. The molecule has 0 fully saturated rings. The van der Waals surface area contributed by atoms with Gasteiger partial charge in [-0.15, -0.1) is 5.10 Å². The first kappa shape index (κ1) is 19.2. The van der Waals surface area contributed by atoms with Gasteiger partial charge in [0.25, 0.3) is 5.56 Å². The SMILES string of the molecule is CCC(CC)c1cc(C)n2nc(-c3ccc(-n4cccn4)cc3C)n(C)c(=O)c12.